The first-order chi connectivity index (χ1) is 7.22. The van der Waals surface area contributed by atoms with E-state index in [9.17, 15) is 4.79 Å². The van der Waals surface area contributed by atoms with Crippen molar-refractivity contribution in [2.45, 2.75) is 44.2 Å². The van der Waals surface area contributed by atoms with Crippen molar-refractivity contribution in [1.29, 1.82) is 0 Å². The summed E-state index contributed by atoms with van der Waals surface area (Å²) >= 11 is 0. The van der Waals surface area contributed by atoms with Crippen LogP contribution in [0.5, 0.6) is 0 Å². The minimum absolute atomic E-state index is 0.158. The lowest BCUT2D eigenvalue weighted by Crippen LogP contribution is -2.38. The van der Waals surface area contributed by atoms with Crippen LogP contribution >= 0.6 is 0 Å². The van der Waals surface area contributed by atoms with Crippen molar-refractivity contribution >= 4 is 6.09 Å². The van der Waals surface area contributed by atoms with E-state index in [0.29, 0.717) is 0 Å². The third kappa shape index (κ3) is 4.99. The lowest BCUT2D eigenvalue weighted by molar-refractivity contribution is 0.0309. The van der Waals surface area contributed by atoms with E-state index in [4.69, 9.17) is 14.9 Å². The van der Waals surface area contributed by atoms with Crippen LogP contribution in [0.4, 0.5) is 4.79 Å². The Bertz CT molecular complexity index is 192. The normalized spacial score (nSPS) is 19.6. The van der Waals surface area contributed by atoms with E-state index in [2.05, 4.69) is 5.32 Å². The van der Waals surface area contributed by atoms with Crippen LogP contribution in [-0.2, 0) is 4.74 Å². The third-order valence-corrected chi connectivity index (χ3v) is 2.54. The molecule has 0 aromatic heterocycles. The molecule has 0 aliphatic heterocycles. The summed E-state index contributed by atoms with van der Waals surface area (Å²) in [5.74, 6) is 0. The van der Waals surface area contributed by atoms with Gasteiger partial charge in [-0.15, -0.1) is 0 Å². The fraction of sp³-hybridized carbons (Fsp3) is 0.900. The molecule has 0 aromatic rings. The number of carbonyl (C=O) groups excluding carboxylic acids is 1. The van der Waals surface area contributed by atoms with Gasteiger partial charge in [0.15, 0.2) is 0 Å². The Kier molecular flexibility index (Phi) is 5.42. The average Bonchev–Trinajstić information content (AvgIpc) is 2.27. The summed E-state index contributed by atoms with van der Waals surface area (Å²) in [5, 5.41) is 20.2. The zero-order valence-corrected chi connectivity index (χ0v) is 8.82. The van der Waals surface area contributed by atoms with Gasteiger partial charge in [0.05, 0.1) is 6.61 Å². The molecule has 88 valence electrons. The van der Waals surface area contributed by atoms with Crippen LogP contribution in [0.15, 0.2) is 0 Å². The number of ether oxygens (including phenoxy) is 1. The molecule has 1 atom stereocenters. The first-order valence-electron chi connectivity index (χ1n) is 5.44. The Balaban J connectivity index is 2.11. The largest absolute Gasteiger partial charge is 0.447 e. The molecule has 0 spiro atoms. The Morgan fingerprint density at radius 1 is 1.40 bits per heavy atom. The number of aliphatic hydroxyl groups excluding tert-OH is 2. The standard InChI is InChI=1S/C10H19NO4/c12-6-9(13)7-15-10(14)11-8-4-2-1-3-5-8/h8-9,12-13H,1-7H2,(H,11,14). The highest BCUT2D eigenvalue weighted by Gasteiger charge is 2.16. The van der Waals surface area contributed by atoms with Crippen molar-refractivity contribution in [3.8, 4) is 0 Å². The van der Waals surface area contributed by atoms with Gasteiger partial charge < -0.3 is 20.3 Å². The number of rotatable bonds is 4. The third-order valence-electron chi connectivity index (χ3n) is 2.54. The molecule has 1 amide bonds. The molecule has 1 fully saturated rings. The van der Waals surface area contributed by atoms with E-state index in [0.717, 1.165) is 25.7 Å². The molecule has 5 nitrogen and oxygen atoms in total. The first kappa shape index (κ1) is 12.3. The van der Waals surface area contributed by atoms with E-state index >= 15 is 0 Å². The molecular formula is C10H19NO4. The number of nitrogens with one attached hydrogen (secondary N) is 1. The molecule has 1 saturated carbocycles. The second kappa shape index (κ2) is 6.63. The van der Waals surface area contributed by atoms with Crippen LogP contribution in [0.25, 0.3) is 0 Å². The van der Waals surface area contributed by atoms with Gasteiger partial charge in [-0.1, -0.05) is 19.3 Å². The highest BCUT2D eigenvalue weighted by Crippen LogP contribution is 2.17. The molecule has 0 radical (unpaired) electrons. The Morgan fingerprint density at radius 3 is 2.67 bits per heavy atom. The fourth-order valence-corrected chi connectivity index (χ4v) is 1.68. The summed E-state index contributed by atoms with van der Waals surface area (Å²) in [6.45, 7) is -0.550. The van der Waals surface area contributed by atoms with Crippen molar-refractivity contribution in [1.82, 2.24) is 5.32 Å². The topological polar surface area (TPSA) is 78.8 Å². The molecule has 0 bridgehead atoms. The minimum Gasteiger partial charge on any atom is -0.447 e. The predicted octanol–water partition coefficient (Wildman–Crippen LogP) is 0.398. The lowest BCUT2D eigenvalue weighted by atomic mass is 9.96. The molecule has 1 aliphatic rings. The van der Waals surface area contributed by atoms with Crippen LogP contribution in [0.3, 0.4) is 0 Å². The Morgan fingerprint density at radius 2 is 2.07 bits per heavy atom. The molecule has 0 aromatic carbocycles. The van der Waals surface area contributed by atoms with Crippen molar-refractivity contribution in [2.75, 3.05) is 13.2 Å². The molecular weight excluding hydrogens is 198 g/mol. The maximum atomic E-state index is 11.2. The summed E-state index contributed by atoms with van der Waals surface area (Å²) in [4.78, 5) is 11.2. The van der Waals surface area contributed by atoms with Gasteiger partial charge in [-0.2, -0.15) is 0 Å². The molecule has 15 heavy (non-hydrogen) atoms. The smallest absolute Gasteiger partial charge is 0.407 e. The predicted molar refractivity (Wildman–Crippen MR) is 54.4 cm³/mol. The summed E-state index contributed by atoms with van der Waals surface area (Å²) in [7, 11) is 0. The number of aliphatic hydroxyl groups is 2. The van der Waals surface area contributed by atoms with Gasteiger partial charge >= 0.3 is 6.09 Å². The summed E-state index contributed by atoms with van der Waals surface area (Å²) < 4.78 is 4.74. The van der Waals surface area contributed by atoms with Crippen LogP contribution in [0, 0.1) is 0 Å². The molecule has 1 rings (SSSR count). The monoisotopic (exact) mass is 217 g/mol. The molecule has 0 saturated heterocycles. The van der Waals surface area contributed by atoms with Crippen molar-refractivity contribution in [3.63, 3.8) is 0 Å². The summed E-state index contributed by atoms with van der Waals surface area (Å²) in [6.07, 6.45) is 4.02. The molecule has 0 heterocycles. The zero-order chi connectivity index (χ0) is 11.1. The van der Waals surface area contributed by atoms with E-state index in [1.54, 1.807) is 0 Å². The second-order valence-corrected chi connectivity index (χ2v) is 3.91. The molecule has 3 N–H and O–H groups in total. The number of carbonyl (C=O) groups is 1. The molecule has 1 aliphatic carbocycles. The van der Waals surface area contributed by atoms with Gasteiger partial charge in [0.25, 0.3) is 0 Å². The average molecular weight is 217 g/mol. The summed E-state index contributed by atoms with van der Waals surface area (Å²) in [6, 6.07) is 0.206. The van der Waals surface area contributed by atoms with Crippen LogP contribution < -0.4 is 5.32 Å². The SMILES string of the molecule is O=C(NC1CCCCC1)OCC(O)CO. The lowest BCUT2D eigenvalue weighted by Gasteiger charge is -2.22. The van der Waals surface area contributed by atoms with Gasteiger partial charge in [-0.05, 0) is 12.8 Å². The fourth-order valence-electron chi connectivity index (χ4n) is 1.68. The Labute approximate surface area is 89.4 Å². The van der Waals surface area contributed by atoms with E-state index < -0.39 is 18.8 Å². The Hall–Kier alpha value is -0.810. The first-order valence-corrected chi connectivity index (χ1v) is 5.44. The number of hydrogen-bond acceptors (Lipinski definition) is 4. The van der Waals surface area contributed by atoms with Gasteiger partial charge in [-0.25, -0.2) is 4.79 Å². The van der Waals surface area contributed by atoms with Gasteiger partial charge in [0.1, 0.15) is 12.7 Å². The highest BCUT2D eigenvalue weighted by atomic mass is 16.6. The van der Waals surface area contributed by atoms with Crippen molar-refractivity contribution in [3.05, 3.63) is 0 Å². The van der Waals surface area contributed by atoms with E-state index in [-0.39, 0.29) is 12.6 Å². The van der Waals surface area contributed by atoms with Crippen LogP contribution in [0.2, 0.25) is 0 Å². The van der Waals surface area contributed by atoms with Gasteiger partial charge in [0, 0.05) is 6.04 Å². The van der Waals surface area contributed by atoms with Gasteiger partial charge in [-0.3, -0.25) is 0 Å². The quantitative estimate of drug-likeness (QED) is 0.637. The van der Waals surface area contributed by atoms with Crippen LogP contribution in [-0.4, -0.2) is 41.7 Å². The highest BCUT2D eigenvalue weighted by molar-refractivity contribution is 5.67. The number of hydrogen-bond donors (Lipinski definition) is 3. The van der Waals surface area contributed by atoms with E-state index in [1.807, 2.05) is 0 Å². The van der Waals surface area contributed by atoms with Gasteiger partial charge in [0.2, 0.25) is 0 Å². The van der Waals surface area contributed by atoms with E-state index in [1.165, 1.54) is 6.42 Å². The van der Waals surface area contributed by atoms with Crippen LogP contribution in [0.1, 0.15) is 32.1 Å². The number of alkyl carbamates (subject to hydrolysis) is 1. The maximum absolute atomic E-state index is 11.2. The molecule has 1 unspecified atom stereocenters. The maximum Gasteiger partial charge on any atom is 0.407 e. The second-order valence-electron chi connectivity index (χ2n) is 3.91. The summed E-state index contributed by atoms with van der Waals surface area (Å²) in [5.41, 5.74) is 0. The minimum atomic E-state index is -0.984. The number of amides is 1. The molecule has 5 heteroatoms. The van der Waals surface area contributed by atoms with Crippen molar-refractivity contribution < 1.29 is 19.7 Å². The van der Waals surface area contributed by atoms with Crippen molar-refractivity contribution in [2.24, 2.45) is 0 Å². The zero-order valence-electron chi connectivity index (χ0n) is 8.82.